The molecule has 7 nitrogen and oxygen atoms in total. The summed E-state index contributed by atoms with van der Waals surface area (Å²) in [7, 11) is 3.48. The fourth-order valence-corrected chi connectivity index (χ4v) is 2.76. The van der Waals surface area contributed by atoms with Gasteiger partial charge in [0.25, 0.3) is 0 Å². The van der Waals surface area contributed by atoms with Crippen molar-refractivity contribution in [2.75, 3.05) is 27.2 Å². The number of nitrogens with zero attached hydrogens (tertiary/aromatic N) is 4. The Morgan fingerprint density at radius 3 is 2.56 bits per heavy atom. The van der Waals surface area contributed by atoms with Crippen molar-refractivity contribution >= 4 is 29.9 Å². The van der Waals surface area contributed by atoms with Crippen molar-refractivity contribution in [3.8, 4) is 5.75 Å². The summed E-state index contributed by atoms with van der Waals surface area (Å²) in [6, 6.07) is 8.27. The van der Waals surface area contributed by atoms with Crippen molar-refractivity contribution < 1.29 is 4.74 Å². The molecule has 1 unspecified atom stereocenters. The van der Waals surface area contributed by atoms with E-state index < -0.39 is 0 Å². The summed E-state index contributed by atoms with van der Waals surface area (Å²) in [6.45, 7) is 6.77. The first-order chi connectivity index (χ1) is 12.7. The molecular formula is C19H31IN6O. The molecule has 0 saturated heterocycles. The van der Waals surface area contributed by atoms with Gasteiger partial charge in [-0.2, -0.15) is 0 Å². The van der Waals surface area contributed by atoms with Crippen LogP contribution in [0, 0.1) is 0 Å². The predicted octanol–water partition coefficient (Wildman–Crippen LogP) is 2.83. The summed E-state index contributed by atoms with van der Waals surface area (Å²) < 4.78 is 7.27. The first-order valence-electron chi connectivity index (χ1n) is 9.13. The summed E-state index contributed by atoms with van der Waals surface area (Å²) in [4.78, 5) is 4.28. The van der Waals surface area contributed by atoms with E-state index in [1.54, 1.807) is 20.5 Å². The molecule has 2 rings (SSSR count). The molecule has 1 aromatic carbocycles. The molecule has 2 aromatic rings. The third-order valence-electron chi connectivity index (χ3n) is 4.44. The highest BCUT2D eigenvalue weighted by atomic mass is 127. The molecule has 2 N–H and O–H groups in total. The number of guanidine groups is 1. The van der Waals surface area contributed by atoms with Crippen molar-refractivity contribution in [1.82, 2.24) is 25.4 Å². The summed E-state index contributed by atoms with van der Waals surface area (Å²) in [5, 5.41) is 14.8. The number of aryl methyl sites for hydroxylation is 1. The lowest BCUT2D eigenvalue weighted by molar-refractivity contribution is 0.414. The molecule has 8 heteroatoms. The van der Waals surface area contributed by atoms with Gasteiger partial charge in [-0.25, -0.2) is 0 Å². The highest BCUT2D eigenvalue weighted by Gasteiger charge is 2.07. The predicted molar refractivity (Wildman–Crippen MR) is 120 cm³/mol. The molecule has 150 valence electrons. The zero-order valence-corrected chi connectivity index (χ0v) is 18.9. The van der Waals surface area contributed by atoms with Crippen LogP contribution in [0.1, 0.15) is 37.6 Å². The van der Waals surface area contributed by atoms with Gasteiger partial charge in [0.05, 0.1) is 7.11 Å². The molecule has 0 amide bonds. The van der Waals surface area contributed by atoms with Gasteiger partial charge in [-0.3, -0.25) is 4.99 Å². The second-order valence-electron chi connectivity index (χ2n) is 6.18. The second kappa shape index (κ2) is 12.5. The number of aliphatic imine (C=N–C) groups is 1. The average molecular weight is 486 g/mol. The van der Waals surface area contributed by atoms with E-state index in [1.165, 1.54) is 5.56 Å². The van der Waals surface area contributed by atoms with Crippen molar-refractivity contribution in [3.05, 3.63) is 42.0 Å². The molecule has 0 aliphatic carbocycles. The quantitative estimate of drug-likeness (QED) is 0.324. The van der Waals surface area contributed by atoms with Gasteiger partial charge in [-0.15, -0.1) is 34.2 Å². The van der Waals surface area contributed by atoms with Crippen molar-refractivity contribution in [2.24, 2.45) is 4.99 Å². The maximum atomic E-state index is 5.21. The monoisotopic (exact) mass is 486 g/mol. The highest BCUT2D eigenvalue weighted by molar-refractivity contribution is 14.0. The molecule has 1 atom stereocenters. The lowest BCUT2D eigenvalue weighted by atomic mass is 9.98. The van der Waals surface area contributed by atoms with Crippen LogP contribution in [-0.2, 0) is 13.0 Å². The zero-order chi connectivity index (χ0) is 18.8. The molecule has 27 heavy (non-hydrogen) atoms. The minimum Gasteiger partial charge on any atom is -0.497 e. The molecule has 0 aliphatic heterocycles. The topological polar surface area (TPSA) is 76.4 Å². The number of ether oxygens (including phenoxy) is 1. The van der Waals surface area contributed by atoms with Crippen molar-refractivity contribution in [3.63, 3.8) is 0 Å². The molecule has 0 radical (unpaired) electrons. The van der Waals surface area contributed by atoms with Crippen LogP contribution >= 0.6 is 24.0 Å². The van der Waals surface area contributed by atoms with Gasteiger partial charge >= 0.3 is 0 Å². The van der Waals surface area contributed by atoms with Crippen LogP contribution in [0.4, 0.5) is 0 Å². The van der Waals surface area contributed by atoms with E-state index in [-0.39, 0.29) is 24.0 Å². The van der Waals surface area contributed by atoms with Crippen LogP contribution in [0.15, 0.2) is 35.6 Å². The lowest BCUT2D eigenvalue weighted by Crippen LogP contribution is -2.39. The maximum absolute atomic E-state index is 5.21. The summed E-state index contributed by atoms with van der Waals surface area (Å²) in [6.07, 6.45) is 3.68. The number of hydrogen-bond donors (Lipinski definition) is 2. The number of methoxy groups -OCH3 is 1. The Morgan fingerprint density at radius 2 is 1.93 bits per heavy atom. The smallest absolute Gasteiger partial charge is 0.191 e. The Kier molecular flexibility index (Phi) is 10.8. The standard InChI is InChI=1S/C19H30N6O.HI/c1-5-18-24-23-14-25(18)13-12-22-19(20-3)21-11-10-15(2)16-6-8-17(26-4)9-7-16;/h6-9,14-15H,5,10-13H2,1-4H3,(H2,20,21,22);1H. The first kappa shape index (κ1) is 23.2. The van der Waals surface area contributed by atoms with Crippen LogP contribution in [-0.4, -0.2) is 48.0 Å². The molecule has 0 fully saturated rings. The number of halogens is 1. The van der Waals surface area contributed by atoms with E-state index >= 15 is 0 Å². The van der Waals surface area contributed by atoms with Crippen molar-refractivity contribution in [1.29, 1.82) is 0 Å². The van der Waals surface area contributed by atoms with Gasteiger partial charge < -0.3 is 19.9 Å². The molecule has 0 aliphatic rings. The van der Waals surface area contributed by atoms with E-state index in [0.29, 0.717) is 5.92 Å². The number of nitrogens with one attached hydrogen (secondary N) is 2. The van der Waals surface area contributed by atoms with Gasteiger partial charge in [0.1, 0.15) is 17.9 Å². The van der Waals surface area contributed by atoms with Gasteiger partial charge in [-0.1, -0.05) is 26.0 Å². The van der Waals surface area contributed by atoms with E-state index in [2.05, 4.69) is 56.4 Å². The van der Waals surface area contributed by atoms with Crippen LogP contribution in [0.25, 0.3) is 0 Å². The van der Waals surface area contributed by atoms with Crippen LogP contribution < -0.4 is 15.4 Å². The van der Waals surface area contributed by atoms with E-state index in [0.717, 1.165) is 50.0 Å². The SMILES string of the molecule is CCc1nncn1CCNC(=NC)NCCC(C)c1ccc(OC)cc1.I. The van der Waals surface area contributed by atoms with Gasteiger partial charge in [0.2, 0.25) is 0 Å². The van der Waals surface area contributed by atoms with E-state index in [4.69, 9.17) is 4.74 Å². The van der Waals surface area contributed by atoms with Crippen molar-refractivity contribution in [2.45, 2.75) is 39.2 Å². The maximum Gasteiger partial charge on any atom is 0.191 e. The molecule has 0 saturated carbocycles. The average Bonchev–Trinajstić information content (AvgIpc) is 3.14. The third kappa shape index (κ3) is 7.36. The fraction of sp³-hybridized carbons (Fsp3) is 0.526. The molecule has 0 bridgehead atoms. The summed E-state index contributed by atoms with van der Waals surface area (Å²) in [5.41, 5.74) is 1.32. The van der Waals surface area contributed by atoms with Gasteiger partial charge in [0, 0.05) is 33.1 Å². The Labute approximate surface area is 179 Å². The summed E-state index contributed by atoms with van der Waals surface area (Å²) >= 11 is 0. The molecule has 1 aromatic heterocycles. The van der Waals surface area contributed by atoms with Gasteiger partial charge in [-0.05, 0) is 30.0 Å². The van der Waals surface area contributed by atoms with Gasteiger partial charge in [0.15, 0.2) is 5.96 Å². The highest BCUT2D eigenvalue weighted by Crippen LogP contribution is 2.21. The molecule has 1 heterocycles. The van der Waals surface area contributed by atoms with Crippen LogP contribution in [0.2, 0.25) is 0 Å². The second-order valence-corrected chi connectivity index (χ2v) is 6.18. The number of aromatic nitrogens is 3. The number of hydrogen-bond acceptors (Lipinski definition) is 4. The lowest BCUT2D eigenvalue weighted by Gasteiger charge is -2.16. The number of benzene rings is 1. The van der Waals surface area contributed by atoms with E-state index in [1.807, 2.05) is 12.1 Å². The van der Waals surface area contributed by atoms with Crippen LogP contribution in [0.5, 0.6) is 5.75 Å². The van der Waals surface area contributed by atoms with Crippen LogP contribution in [0.3, 0.4) is 0 Å². The minimum atomic E-state index is 0. The first-order valence-corrected chi connectivity index (χ1v) is 9.13. The zero-order valence-electron chi connectivity index (χ0n) is 16.6. The Morgan fingerprint density at radius 1 is 1.22 bits per heavy atom. The number of rotatable bonds is 9. The molecular weight excluding hydrogens is 455 g/mol. The Balaban J connectivity index is 0.00000364. The Bertz CT molecular complexity index is 686. The Hall–Kier alpha value is -1.84. The largest absolute Gasteiger partial charge is 0.497 e. The third-order valence-corrected chi connectivity index (χ3v) is 4.44. The minimum absolute atomic E-state index is 0. The van der Waals surface area contributed by atoms with E-state index in [9.17, 15) is 0 Å². The normalized spacial score (nSPS) is 12.2. The summed E-state index contributed by atoms with van der Waals surface area (Å²) in [5.74, 6) is 3.18. The molecule has 0 spiro atoms. The fourth-order valence-electron chi connectivity index (χ4n) is 2.76.